The van der Waals surface area contributed by atoms with Crippen LogP contribution in [-0.2, 0) is 4.74 Å². The fraction of sp³-hybridized carbons (Fsp3) is 0.474. The minimum Gasteiger partial charge on any atom is -0.378 e. The number of fused-ring (bicyclic) bond motifs is 1. The summed E-state index contributed by atoms with van der Waals surface area (Å²) in [5.74, 6) is -0.171. The molecule has 1 fully saturated rings. The van der Waals surface area contributed by atoms with Crippen molar-refractivity contribution in [3.8, 4) is 0 Å². The van der Waals surface area contributed by atoms with Gasteiger partial charge in [0.1, 0.15) is 5.82 Å². The minimum atomic E-state index is -4.47. The molecule has 1 N–H and O–H groups in total. The zero-order valence-corrected chi connectivity index (χ0v) is 15.4. The lowest BCUT2D eigenvalue weighted by Crippen LogP contribution is -2.41. The van der Waals surface area contributed by atoms with Crippen molar-refractivity contribution in [1.82, 2.24) is 14.7 Å². The van der Waals surface area contributed by atoms with E-state index >= 15 is 0 Å². The van der Waals surface area contributed by atoms with E-state index in [-0.39, 0.29) is 23.8 Å². The lowest BCUT2D eigenvalue weighted by atomic mass is 9.96. The largest absolute Gasteiger partial charge is 0.410 e. The SMILES string of the molecule is Cc1ccc([C@H]2C[C@@H](C(F)(F)F)n3nc(C(=O)N4CCOCC4)cc3N2)cc1. The molecule has 2 aliphatic heterocycles. The number of nitrogens with zero attached hydrogens (tertiary/aromatic N) is 3. The molecule has 28 heavy (non-hydrogen) atoms. The Bertz CT molecular complexity index is 857. The number of halogens is 3. The second-order valence-corrected chi connectivity index (χ2v) is 7.16. The van der Waals surface area contributed by atoms with E-state index < -0.39 is 18.3 Å². The fourth-order valence-electron chi connectivity index (χ4n) is 3.62. The Kier molecular flexibility index (Phi) is 4.78. The molecule has 4 rings (SSSR count). The van der Waals surface area contributed by atoms with Gasteiger partial charge in [0.25, 0.3) is 5.91 Å². The number of ether oxygens (including phenoxy) is 1. The van der Waals surface area contributed by atoms with Gasteiger partial charge in [0, 0.05) is 25.6 Å². The van der Waals surface area contributed by atoms with E-state index in [0.717, 1.165) is 15.8 Å². The average Bonchev–Trinajstić information content (AvgIpc) is 3.11. The Hall–Kier alpha value is -2.55. The third-order valence-electron chi connectivity index (χ3n) is 5.19. The summed E-state index contributed by atoms with van der Waals surface area (Å²) in [5.41, 5.74) is 1.83. The van der Waals surface area contributed by atoms with Gasteiger partial charge in [0.05, 0.1) is 19.3 Å². The van der Waals surface area contributed by atoms with E-state index in [2.05, 4.69) is 10.4 Å². The summed E-state index contributed by atoms with van der Waals surface area (Å²) in [7, 11) is 0. The Balaban J connectivity index is 1.65. The van der Waals surface area contributed by atoms with Crippen LogP contribution in [0.15, 0.2) is 30.3 Å². The first kappa shape index (κ1) is 18.8. The van der Waals surface area contributed by atoms with E-state index in [1.54, 1.807) is 4.90 Å². The van der Waals surface area contributed by atoms with Crippen LogP contribution in [0.25, 0.3) is 0 Å². The van der Waals surface area contributed by atoms with Gasteiger partial charge in [-0.15, -0.1) is 0 Å². The van der Waals surface area contributed by atoms with Crippen molar-refractivity contribution in [2.75, 3.05) is 31.6 Å². The van der Waals surface area contributed by atoms with E-state index in [4.69, 9.17) is 4.74 Å². The van der Waals surface area contributed by atoms with Crippen molar-refractivity contribution < 1.29 is 22.7 Å². The first-order chi connectivity index (χ1) is 13.3. The van der Waals surface area contributed by atoms with E-state index in [1.807, 2.05) is 31.2 Å². The Labute approximate surface area is 160 Å². The number of carbonyl (C=O) groups excluding carboxylic acids is 1. The van der Waals surface area contributed by atoms with Gasteiger partial charge in [-0.1, -0.05) is 29.8 Å². The van der Waals surface area contributed by atoms with Gasteiger partial charge in [-0.05, 0) is 12.5 Å². The smallest absolute Gasteiger partial charge is 0.378 e. The molecule has 2 atom stereocenters. The molecule has 6 nitrogen and oxygen atoms in total. The number of aromatic nitrogens is 2. The molecule has 2 aliphatic rings. The molecule has 3 heterocycles. The van der Waals surface area contributed by atoms with Crippen LogP contribution in [0.2, 0.25) is 0 Å². The number of hydrogen-bond donors (Lipinski definition) is 1. The highest BCUT2D eigenvalue weighted by atomic mass is 19.4. The second kappa shape index (κ2) is 7.12. The van der Waals surface area contributed by atoms with Gasteiger partial charge >= 0.3 is 6.18 Å². The highest BCUT2D eigenvalue weighted by Crippen LogP contribution is 2.43. The number of benzene rings is 1. The summed E-state index contributed by atoms with van der Waals surface area (Å²) in [4.78, 5) is 14.2. The van der Waals surface area contributed by atoms with Crippen molar-refractivity contribution in [1.29, 1.82) is 0 Å². The van der Waals surface area contributed by atoms with Crippen molar-refractivity contribution in [3.63, 3.8) is 0 Å². The number of nitrogens with one attached hydrogen (secondary N) is 1. The number of anilines is 1. The number of morpholine rings is 1. The highest BCUT2D eigenvalue weighted by molar-refractivity contribution is 5.93. The van der Waals surface area contributed by atoms with Gasteiger partial charge < -0.3 is 15.0 Å². The van der Waals surface area contributed by atoms with Crippen LogP contribution in [-0.4, -0.2) is 53.1 Å². The molecular weight excluding hydrogens is 373 g/mol. The number of hydrogen-bond acceptors (Lipinski definition) is 4. The number of alkyl halides is 3. The maximum atomic E-state index is 13.7. The summed E-state index contributed by atoms with van der Waals surface area (Å²) in [6.45, 7) is 3.57. The van der Waals surface area contributed by atoms with Crippen LogP contribution < -0.4 is 5.32 Å². The van der Waals surface area contributed by atoms with Gasteiger partial charge in [-0.3, -0.25) is 4.79 Å². The summed E-state index contributed by atoms with van der Waals surface area (Å²) >= 11 is 0. The molecular formula is C19H21F3N4O2. The number of carbonyl (C=O) groups is 1. The van der Waals surface area contributed by atoms with Crippen LogP contribution in [0, 0.1) is 6.92 Å². The number of aryl methyl sites for hydroxylation is 1. The molecule has 0 bridgehead atoms. The predicted molar refractivity (Wildman–Crippen MR) is 96.2 cm³/mol. The molecule has 0 unspecified atom stereocenters. The van der Waals surface area contributed by atoms with Gasteiger partial charge in [-0.25, -0.2) is 4.68 Å². The third kappa shape index (κ3) is 3.58. The molecule has 1 aromatic carbocycles. The molecule has 0 radical (unpaired) electrons. The van der Waals surface area contributed by atoms with Crippen LogP contribution in [0.4, 0.5) is 19.0 Å². The molecule has 1 saturated heterocycles. The maximum absolute atomic E-state index is 13.7. The molecule has 9 heteroatoms. The lowest BCUT2D eigenvalue weighted by Gasteiger charge is -2.33. The van der Waals surface area contributed by atoms with Crippen molar-refractivity contribution in [2.45, 2.75) is 31.6 Å². The van der Waals surface area contributed by atoms with Gasteiger partial charge in [0.2, 0.25) is 0 Å². The molecule has 1 aromatic heterocycles. The van der Waals surface area contributed by atoms with E-state index in [0.29, 0.717) is 26.3 Å². The first-order valence-corrected chi connectivity index (χ1v) is 9.19. The number of amides is 1. The standard InChI is InChI=1S/C19H21F3N4O2/c1-12-2-4-13(5-3-12)14-10-16(19(20,21)22)26-17(23-14)11-15(24-26)18(27)25-6-8-28-9-7-25/h2-5,11,14,16,23H,6-10H2,1H3/t14-,16+/m1/s1. The fourth-order valence-corrected chi connectivity index (χ4v) is 3.62. The summed E-state index contributed by atoms with van der Waals surface area (Å²) in [6, 6.07) is 6.51. The number of rotatable bonds is 2. The normalized spacial score (nSPS) is 22.5. The monoisotopic (exact) mass is 394 g/mol. The lowest BCUT2D eigenvalue weighted by molar-refractivity contribution is -0.173. The quantitative estimate of drug-likeness (QED) is 0.849. The summed E-state index contributed by atoms with van der Waals surface area (Å²) in [5, 5.41) is 7.14. The maximum Gasteiger partial charge on any atom is 0.410 e. The Morgan fingerprint density at radius 1 is 1.21 bits per heavy atom. The van der Waals surface area contributed by atoms with Crippen molar-refractivity contribution in [2.24, 2.45) is 0 Å². The Morgan fingerprint density at radius 3 is 2.54 bits per heavy atom. The zero-order chi connectivity index (χ0) is 19.9. The van der Waals surface area contributed by atoms with Crippen molar-refractivity contribution in [3.05, 3.63) is 47.2 Å². The zero-order valence-electron chi connectivity index (χ0n) is 15.4. The van der Waals surface area contributed by atoms with Crippen LogP contribution in [0.5, 0.6) is 0 Å². The predicted octanol–water partition coefficient (Wildman–Crippen LogP) is 3.32. The topological polar surface area (TPSA) is 59.4 Å². The van der Waals surface area contributed by atoms with Crippen LogP contribution in [0.1, 0.15) is 40.1 Å². The second-order valence-electron chi connectivity index (χ2n) is 7.16. The highest BCUT2D eigenvalue weighted by Gasteiger charge is 2.47. The summed E-state index contributed by atoms with van der Waals surface area (Å²) < 4.78 is 47.3. The summed E-state index contributed by atoms with van der Waals surface area (Å²) in [6.07, 6.45) is -4.66. The third-order valence-corrected chi connectivity index (χ3v) is 5.19. The molecule has 150 valence electrons. The van der Waals surface area contributed by atoms with Crippen molar-refractivity contribution >= 4 is 11.7 Å². The van der Waals surface area contributed by atoms with Crippen LogP contribution in [0.3, 0.4) is 0 Å². The molecule has 2 aromatic rings. The van der Waals surface area contributed by atoms with E-state index in [9.17, 15) is 18.0 Å². The van der Waals surface area contributed by atoms with Gasteiger partial charge in [-0.2, -0.15) is 18.3 Å². The average molecular weight is 394 g/mol. The molecule has 0 spiro atoms. The first-order valence-electron chi connectivity index (χ1n) is 9.19. The Morgan fingerprint density at radius 2 is 1.89 bits per heavy atom. The minimum absolute atomic E-state index is 0.0169. The molecule has 0 saturated carbocycles. The molecule has 1 amide bonds. The van der Waals surface area contributed by atoms with Crippen LogP contribution >= 0.6 is 0 Å². The van der Waals surface area contributed by atoms with Gasteiger partial charge in [0.15, 0.2) is 11.7 Å². The van der Waals surface area contributed by atoms with E-state index in [1.165, 1.54) is 6.07 Å². The molecule has 0 aliphatic carbocycles.